The van der Waals surface area contributed by atoms with Gasteiger partial charge in [0.25, 0.3) is 0 Å². The molecule has 1 fully saturated rings. The first kappa shape index (κ1) is 12.5. The van der Waals surface area contributed by atoms with Crippen molar-refractivity contribution in [3.63, 3.8) is 0 Å². The number of benzene rings is 1. The van der Waals surface area contributed by atoms with E-state index in [1.165, 1.54) is 0 Å². The molecule has 0 bridgehead atoms. The highest BCUT2D eigenvalue weighted by molar-refractivity contribution is 5.79. The average molecular weight is 245 g/mol. The van der Waals surface area contributed by atoms with Crippen molar-refractivity contribution in [2.75, 3.05) is 7.11 Å². The van der Waals surface area contributed by atoms with Crippen molar-refractivity contribution < 1.29 is 14.3 Å². The van der Waals surface area contributed by atoms with E-state index < -0.39 is 5.54 Å². The molecule has 94 valence electrons. The Morgan fingerprint density at radius 2 is 2.11 bits per heavy atom. The number of carbonyl (C=O) groups excluding carboxylic acids is 2. The maximum absolute atomic E-state index is 11.2. The number of isocyanates is 1. The van der Waals surface area contributed by atoms with Crippen LogP contribution in [0.1, 0.15) is 41.6 Å². The first-order chi connectivity index (χ1) is 8.75. The Balaban J connectivity index is 2.54. The van der Waals surface area contributed by atoms with E-state index >= 15 is 0 Å². The van der Waals surface area contributed by atoms with Crippen LogP contribution in [0.5, 0.6) is 5.75 Å². The van der Waals surface area contributed by atoms with E-state index in [4.69, 9.17) is 4.74 Å². The molecule has 0 spiro atoms. The molecule has 0 radical (unpaired) electrons. The number of hydrogen-bond donors (Lipinski definition) is 0. The Labute approximate surface area is 106 Å². The number of hydrogen-bond acceptors (Lipinski definition) is 4. The highest BCUT2D eigenvalue weighted by Crippen LogP contribution is 2.43. The standard InChI is InChI=1S/C14H15NO3/c1-18-12-4-5-13(11(8-12)9-16)14(15-10-17)6-2-3-7-14/h4-5,8-9H,2-3,6-7H2,1H3. The van der Waals surface area contributed by atoms with Crippen LogP contribution in [0.3, 0.4) is 0 Å². The lowest BCUT2D eigenvalue weighted by Gasteiger charge is -2.24. The number of aliphatic imine (C=N–C) groups is 1. The second-order valence-electron chi connectivity index (χ2n) is 4.51. The van der Waals surface area contributed by atoms with Gasteiger partial charge in [0.05, 0.1) is 12.6 Å². The summed E-state index contributed by atoms with van der Waals surface area (Å²) in [6.45, 7) is 0. The maximum Gasteiger partial charge on any atom is 0.235 e. The lowest BCUT2D eigenvalue weighted by molar-refractivity contribution is 0.112. The molecule has 0 saturated heterocycles. The summed E-state index contributed by atoms with van der Waals surface area (Å²) in [6, 6.07) is 5.31. The summed E-state index contributed by atoms with van der Waals surface area (Å²) < 4.78 is 5.10. The van der Waals surface area contributed by atoms with Crippen LogP contribution >= 0.6 is 0 Å². The molecular formula is C14H15NO3. The molecule has 1 aromatic rings. The maximum atomic E-state index is 11.2. The highest BCUT2D eigenvalue weighted by Gasteiger charge is 2.37. The van der Waals surface area contributed by atoms with Crippen molar-refractivity contribution in [3.05, 3.63) is 29.3 Å². The van der Waals surface area contributed by atoms with Crippen molar-refractivity contribution in [3.8, 4) is 5.75 Å². The van der Waals surface area contributed by atoms with Gasteiger partial charge in [-0.2, -0.15) is 4.99 Å². The fourth-order valence-electron chi connectivity index (χ4n) is 2.68. The third-order valence-corrected chi connectivity index (χ3v) is 3.58. The van der Waals surface area contributed by atoms with Gasteiger partial charge < -0.3 is 4.74 Å². The number of carbonyl (C=O) groups is 1. The molecule has 0 heterocycles. The minimum Gasteiger partial charge on any atom is -0.497 e. The molecule has 0 aromatic heterocycles. The van der Waals surface area contributed by atoms with E-state index in [0.29, 0.717) is 11.3 Å². The summed E-state index contributed by atoms with van der Waals surface area (Å²) >= 11 is 0. The van der Waals surface area contributed by atoms with Gasteiger partial charge in [-0.3, -0.25) is 4.79 Å². The molecule has 0 amide bonds. The lowest BCUT2D eigenvalue weighted by Crippen LogP contribution is -2.21. The highest BCUT2D eigenvalue weighted by atomic mass is 16.5. The van der Waals surface area contributed by atoms with E-state index in [9.17, 15) is 9.59 Å². The predicted molar refractivity (Wildman–Crippen MR) is 66.6 cm³/mol. The van der Waals surface area contributed by atoms with Gasteiger partial charge in [-0.15, -0.1) is 0 Å². The summed E-state index contributed by atoms with van der Waals surface area (Å²) in [6.07, 6.45) is 6.04. The summed E-state index contributed by atoms with van der Waals surface area (Å²) in [4.78, 5) is 25.8. The monoisotopic (exact) mass is 245 g/mol. The number of rotatable bonds is 4. The number of ether oxygens (including phenoxy) is 1. The third-order valence-electron chi connectivity index (χ3n) is 3.58. The Bertz CT molecular complexity index is 498. The number of methoxy groups -OCH3 is 1. The van der Waals surface area contributed by atoms with Gasteiger partial charge in [0.1, 0.15) is 5.75 Å². The summed E-state index contributed by atoms with van der Waals surface area (Å²) in [5, 5.41) is 0. The van der Waals surface area contributed by atoms with Crippen molar-refractivity contribution in [2.24, 2.45) is 4.99 Å². The van der Waals surface area contributed by atoms with E-state index in [2.05, 4.69) is 4.99 Å². The molecule has 1 aliphatic rings. The second-order valence-corrected chi connectivity index (χ2v) is 4.51. The van der Waals surface area contributed by atoms with E-state index in [1.807, 2.05) is 6.07 Å². The Morgan fingerprint density at radius 1 is 1.39 bits per heavy atom. The molecule has 1 saturated carbocycles. The molecule has 18 heavy (non-hydrogen) atoms. The van der Waals surface area contributed by atoms with Gasteiger partial charge in [-0.1, -0.05) is 18.9 Å². The van der Waals surface area contributed by atoms with Crippen molar-refractivity contribution in [1.29, 1.82) is 0 Å². The smallest absolute Gasteiger partial charge is 0.235 e. The van der Waals surface area contributed by atoms with Crippen LogP contribution in [0.4, 0.5) is 0 Å². The van der Waals surface area contributed by atoms with E-state index in [-0.39, 0.29) is 0 Å². The predicted octanol–water partition coefficient (Wildman–Crippen LogP) is 2.61. The fraction of sp³-hybridized carbons (Fsp3) is 0.429. The van der Waals surface area contributed by atoms with Crippen molar-refractivity contribution in [2.45, 2.75) is 31.2 Å². The first-order valence-electron chi connectivity index (χ1n) is 5.98. The molecule has 4 nitrogen and oxygen atoms in total. The lowest BCUT2D eigenvalue weighted by atomic mass is 9.85. The first-order valence-corrected chi connectivity index (χ1v) is 5.98. The van der Waals surface area contributed by atoms with Gasteiger partial charge in [0.15, 0.2) is 6.29 Å². The van der Waals surface area contributed by atoms with E-state index in [1.54, 1.807) is 25.3 Å². The van der Waals surface area contributed by atoms with Crippen LogP contribution < -0.4 is 4.74 Å². The topological polar surface area (TPSA) is 55.7 Å². The Kier molecular flexibility index (Phi) is 3.58. The zero-order chi connectivity index (χ0) is 13.0. The van der Waals surface area contributed by atoms with Gasteiger partial charge in [-0.05, 0) is 30.5 Å². The van der Waals surface area contributed by atoms with Crippen LogP contribution in [0.2, 0.25) is 0 Å². The molecule has 0 aliphatic heterocycles. The fourth-order valence-corrected chi connectivity index (χ4v) is 2.68. The van der Waals surface area contributed by atoms with Crippen LogP contribution in [-0.2, 0) is 10.3 Å². The van der Waals surface area contributed by atoms with Crippen LogP contribution in [0, 0.1) is 0 Å². The normalized spacial score (nSPS) is 16.9. The van der Waals surface area contributed by atoms with Crippen LogP contribution in [-0.4, -0.2) is 19.5 Å². The minimum atomic E-state index is -0.565. The van der Waals surface area contributed by atoms with Crippen molar-refractivity contribution >= 4 is 12.4 Å². The summed E-state index contributed by atoms with van der Waals surface area (Å²) in [5.41, 5.74) is 0.777. The summed E-state index contributed by atoms with van der Waals surface area (Å²) in [5.74, 6) is 0.629. The Morgan fingerprint density at radius 3 is 2.67 bits per heavy atom. The molecule has 4 heteroatoms. The van der Waals surface area contributed by atoms with Crippen LogP contribution in [0.25, 0.3) is 0 Å². The minimum absolute atomic E-state index is 0.537. The SMILES string of the molecule is COc1ccc(C2(N=C=O)CCCC2)c(C=O)c1. The van der Waals surface area contributed by atoms with E-state index in [0.717, 1.165) is 37.5 Å². The molecule has 0 unspecified atom stereocenters. The molecule has 0 N–H and O–H groups in total. The Hall–Kier alpha value is -1.93. The van der Waals surface area contributed by atoms with Crippen molar-refractivity contribution in [1.82, 2.24) is 0 Å². The summed E-state index contributed by atoms with van der Waals surface area (Å²) in [7, 11) is 1.55. The number of aldehydes is 1. The van der Waals surface area contributed by atoms with Gasteiger partial charge in [-0.25, -0.2) is 4.79 Å². The number of nitrogens with zero attached hydrogens (tertiary/aromatic N) is 1. The third kappa shape index (κ3) is 2.07. The second kappa shape index (κ2) is 5.15. The van der Waals surface area contributed by atoms with Gasteiger partial charge in [0.2, 0.25) is 6.08 Å². The van der Waals surface area contributed by atoms with Gasteiger partial charge in [0, 0.05) is 5.56 Å². The van der Waals surface area contributed by atoms with Gasteiger partial charge >= 0.3 is 0 Å². The average Bonchev–Trinajstić information content (AvgIpc) is 2.88. The molecule has 2 rings (SSSR count). The molecular weight excluding hydrogens is 230 g/mol. The zero-order valence-electron chi connectivity index (χ0n) is 10.3. The quantitative estimate of drug-likeness (QED) is 0.465. The zero-order valence-corrected chi connectivity index (χ0v) is 10.3. The largest absolute Gasteiger partial charge is 0.497 e. The van der Waals surface area contributed by atoms with Crippen LogP contribution in [0.15, 0.2) is 23.2 Å². The molecule has 1 aromatic carbocycles. The molecule has 0 atom stereocenters. The molecule has 1 aliphatic carbocycles.